The molecular formula is C24H36N2O3S. The molecule has 2 heterocycles. The van der Waals surface area contributed by atoms with Crippen LogP contribution in [0.2, 0.25) is 0 Å². The van der Waals surface area contributed by atoms with Crippen molar-refractivity contribution in [2.75, 3.05) is 0 Å². The van der Waals surface area contributed by atoms with Gasteiger partial charge in [-0.2, -0.15) is 0 Å². The number of ether oxygens (including phenoxy) is 1. The van der Waals surface area contributed by atoms with Gasteiger partial charge in [0.2, 0.25) is 0 Å². The Bertz CT molecular complexity index is 799. The molecule has 2 aliphatic heterocycles. The van der Waals surface area contributed by atoms with E-state index in [0.717, 1.165) is 32.1 Å². The Balaban J connectivity index is 1.62. The van der Waals surface area contributed by atoms with Crippen molar-refractivity contribution in [3.05, 3.63) is 35.4 Å². The average Bonchev–Trinajstić information content (AvgIpc) is 3.05. The molecule has 2 fully saturated rings. The summed E-state index contributed by atoms with van der Waals surface area (Å²) in [7, 11) is 0. The van der Waals surface area contributed by atoms with Gasteiger partial charge in [-0.15, -0.1) is 4.72 Å². The van der Waals surface area contributed by atoms with E-state index >= 15 is 0 Å². The van der Waals surface area contributed by atoms with Gasteiger partial charge in [-0.3, -0.25) is 0 Å². The van der Waals surface area contributed by atoms with Gasteiger partial charge in [0.1, 0.15) is 10.3 Å². The molecule has 30 heavy (non-hydrogen) atoms. The number of rotatable bonds is 2. The summed E-state index contributed by atoms with van der Waals surface area (Å²) in [5.41, 5.74) is 2.14. The lowest BCUT2D eigenvalue weighted by atomic mass is 9.70. The highest BCUT2D eigenvalue weighted by Gasteiger charge is 2.58. The van der Waals surface area contributed by atoms with Crippen molar-refractivity contribution in [1.29, 1.82) is 0 Å². The van der Waals surface area contributed by atoms with Gasteiger partial charge in [0.25, 0.3) is 0 Å². The maximum Gasteiger partial charge on any atom is 0.410 e. The Labute approximate surface area is 184 Å². The minimum atomic E-state index is -1.15. The van der Waals surface area contributed by atoms with Crippen LogP contribution in [0.4, 0.5) is 4.79 Å². The zero-order valence-corrected chi connectivity index (χ0v) is 20.0. The Kier molecular flexibility index (Phi) is 5.43. The number of nitrogens with one attached hydrogen (secondary N) is 1. The number of nitrogens with zero attached hydrogens (tertiary/aromatic N) is 1. The van der Waals surface area contributed by atoms with Gasteiger partial charge >= 0.3 is 6.09 Å². The lowest BCUT2D eigenvalue weighted by molar-refractivity contribution is -0.0164. The molecule has 166 valence electrons. The zero-order valence-electron chi connectivity index (χ0n) is 19.2. The largest absolute Gasteiger partial charge is 0.598 e. The zero-order chi connectivity index (χ0) is 21.9. The summed E-state index contributed by atoms with van der Waals surface area (Å²) >= 11 is -1.15. The SMILES string of the molecule is CC(C)(C)OC(=O)N1C2CCC1CC1(Cc3ccccc3[C@H]1N[S+]([O-])C(C)(C)C)C2. The molecule has 2 saturated heterocycles. The number of hydrogen-bond donors (Lipinski definition) is 1. The molecule has 0 saturated carbocycles. The third-order valence-corrected chi connectivity index (χ3v) is 8.37. The smallest absolute Gasteiger partial charge is 0.410 e. The maximum atomic E-state index is 13.1. The highest BCUT2D eigenvalue weighted by molar-refractivity contribution is 7.90. The monoisotopic (exact) mass is 432 g/mol. The summed E-state index contributed by atoms with van der Waals surface area (Å²) in [6.45, 7) is 11.8. The number of benzene rings is 1. The number of hydrogen-bond acceptors (Lipinski definition) is 4. The summed E-state index contributed by atoms with van der Waals surface area (Å²) in [5, 5.41) is 0. The van der Waals surface area contributed by atoms with Crippen LogP contribution in [0.5, 0.6) is 0 Å². The van der Waals surface area contributed by atoms with Crippen molar-refractivity contribution in [1.82, 2.24) is 9.62 Å². The summed E-state index contributed by atoms with van der Waals surface area (Å²) < 4.78 is 22.0. The minimum absolute atomic E-state index is 0.00502. The molecule has 2 bridgehead atoms. The van der Waals surface area contributed by atoms with Gasteiger partial charge in [0, 0.05) is 28.9 Å². The summed E-state index contributed by atoms with van der Waals surface area (Å²) in [4.78, 5) is 14.9. The standard InChI is InChI=1S/C24H36N2O3S/c1-22(2,3)29-21(27)26-17-11-12-18(26)15-24(14-17)13-16-9-7-8-10-19(16)20(24)25-30(28)23(4,5)6/h7-10,17-18,20,25H,11-15H2,1-6H3/t17?,18?,20-,24?,30?/m1/s1. The van der Waals surface area contributed by atoms with E-state index in [-0.39, 0.29) is 34.4 Å². The van der Waals surface area contributed by atoms with E-state index < -0.39 is 17.0 Å². The van der Waals surface area contributed by atoms with Crippen molar-refractivity contribution >= 4 is 17.5 Å². The van der Waals surface area contributed by atoms with Crippen LogP contribution in [0.1, 0.15) is 84.4 Å². The normalized spacial score (nSPS) is 31.7. The van der Waals surface area contributed by atoms with E-state index in [1.54, 1.807) is 0 Å². The van der Waals surface area contributed by atoms with Crippen LogP contribution in [0.3, 0.4) is 0 Å². The third-order valence-electron chi connectivity index (χ3n) is 6.81. The number of carbonyl (C=O) groups is 1. The second-order valence-electron chi connectivity index (χ2n) is 11.4. The molecule has 1 aromatic rings. The first-order valence-electron chi connectivity index (χ1n) is 11.2. The van der Waals surface area contributed by atoms with Gasteiger partial charge in [0.15, 0.2) is 0 Å². The Morgan fingerprint density at radius 1 is 1.13 bits per heavy atom. The average molecular weight is 433 g/mol. The topological polar surface area (TPSA) is 64.6 Å². The fourth-order valence-corrected chi connectivity index (χ4v) is 6.58. The van der Waals surface area contributed by atoms with Gasteiger partial charge in [-0.1, -0.05) is 24.3 Å². The molecule has 4 rings (SSSR count). The summed E-state index contributed by atoms with van der Waals surface area (Å²) in [5.74, 6) is 0. The predicted molar refractivity (Wildman–Crippen MR) is 120 cm³/mol. The van der Waals surface area contributed by atoms with Gasteiger partial charge in [0.05, 0.1) is 6.04 Å². The molecule has 1 aliphatic carbocycles. The minimum Gasteiger partial charge on any atom is -0.598 e. The van der Waals surface area contributed by atoms with Crippen molar-refractivity contribution in [2.24, 2.45) is 5.41 Å². The molecule has 3 unspecified atom stereocenters. The molecule has 1 N–H and O–H groups in total. The first-order chi connectivity index (χ1) is 13.9. The fourth-order valence-electron chi connectivity index (χ4n) is 5.64. The van der Waals surface area contributed by atoms with Crippen LogP contribution in [-0.4, -0.2) is 38.0 Å². The van der Waals surface area contributed by atoms with Gasteiger partial charge < -0.3 is 14.2 Å². The van der Waals surface area contributed by atoms with E-state index in [1.807, 2.05) is 46.4 Å². The maximum absolute atomic E-state index is 13.1. The van der Waals surface area contributed by atoms with Crippen LogP contribution in [0.25, 0.3) is 0 Å². The molecule has 0 aromatic heterocycles. The number of fused-ring (bicyclic) bond motifs is 3. The van der Waals surface area contributed by atoms with E-state index in [9.17, 15) is 9.35 Å². The van der Waals surface area contributed by atoms with Gasteiger partial charge in [-0.25, -0.2) is 4.79 Å². The second kappa shape index (κ2) is 7.42. The molecule has 5 nitrogen and oxygen atoms in total. The van der Waals surface area contributed by atoms with Crippen LogP contribution >= 0.6 is 0 Å². The van der Waals surface area contributed by atoms with Crippen LogP contribution < -0.4 is 4.72 Å². The van der Waals surface area contributed by atoms with Crippen molar-refractivity contribution in [3.63, 3.8) is 0 Å². The van der Waals surface area contributed by atoms with E-state index in [4.69, 9.17) is 4.74 Å². The van der Waals surface area contributed by atoms with E-state index in [0.29, 0.717) is 0 Å². The summed E-state index contributed by atoms with van der Waals surface area (Å²) in [6, 6.07) is 9.01. The first-order valence-corrected chi connectivity index (χ1v) is 12.3. The Morgan fingerprint density at radius 3 is 2.30 bits per heavy atom. The number of carbonyl (C=O) groups excluding carboxylic acids is 1. The fraction of sp³-hybridized carbons (Fsp3) is 0.708. The molecule has 1 aromatic carbocycles. The van der Waals surface area contributed by atoms with E-state index in [1.165, 1.54) is 11.1 Å². The van der Waals surface area contributed by atoms with Crippen LogP contribution in [0.15, 0.2) is 24.3 Å². The third kappa shape index (κ3) is 3.98. The van der Waals surface area contributed by atoms with Crippen molar-refractivity contribution in [3.8, 4) is 0 Å². The molecule has 4 atom stereocenters. The molecule has 3 aliphatic rings. The highest BCUT2D eigenvalue weighted by Crippen LogP contribution is 2.58. The lowest BCUT2D eigenvalue weighted by Crippen LogP contribution is -2.55. The molecule has 1 spiro atoms. The lowest BCUT2D eigenvalue weighted by Gasteiger charge is -2.48. The van der Waals surface area contributed by atoms with Crippen LogP contribution in [0, 0.1) is 5.41 Å². The highest BCUT2D eigenvalue weighted by atomic mass is 32.2. The van der Waals surface area contributed by atoms with Crippen molar-refractivity contribution < 1.29 is 14.1 Å². The van der Waals surface area contributed by atoms with Crippen molar-refractivity contribution in [2.45, 2.75) is 102 Å². The first kappa shape index (κ1) is 22.0. The summed E-state index contributed by atoms with van der Waals surface area (Å²) in [6.07, 6.45) is 4.71. The van der Waals surface area contributed by atoms with Gasteiger partial charge in [-0.05, 0) is 84.8 Å². The molecule has 0 radical (unpaired) electrons. The molecule has 6 heteroatoms. The number of piperidine rings is 1. The Hall–Kier alpha value is -1.24. The quantitative estimate of drug-likeness (QED) is 0.676. The van der Waals surface area contributed by atoms with E-state index in [2.05, 4.69) is 29.0 Å². The molecular weight excluding hydrogens is 396 g/mol. The Morgan fingerprint density at radius 2 is 1.73 bits per heavy atom. The number of amides is 1. The second-order valence-corrected chi connectivity index (χ2v) is 13.3. The molecule has 1 amide bonds. The predicted octanol–water partition coefficient (Wildman–Crippen LogP) is 4.88. The van der Waals surface area contributed by atoms with Crippen LogP contribution in [-0.2, 0) is 22.5 Å².